The number of hydrogen-bond acceptors (Lipinski definition) is 2. The van der Waals surface area contributed by atoms with Crippen molar-refractivity contribution in [3.8, 4) is 0 Å². The maximum atomic E-state index is 12.3. The van der Waals surface area contributed by atoms with Gasteiger partial charge >= 0.3 is 0 Å². The van der Waals surface area contributed by atoms with E-state index in [2.05, 4.69) is 13.8 Å². The quantitative estimate of drug-likeness (QED) is 0.782. The van der Waals surface area contributed by atoms with Crippen LogP contribution in [0.4, 0.5) is 5.69 Å². The van der Waals surface area contributed by atoms with Gasteiger partial charge in [0.1, 0.15) is 0 Å². The van der Waals surface area contributed by atoms with Crippen LogP contribution in [-0.2, 0) is 11.2 Å². The van der Waals surface area contributed by atoms with Gasteiger partial charge in [0.15, 0.2) is 5.78 Å². The van der Waals surface area contributed by atoms with E-state index in [9.17, 15) is 9.59 Å². The number of carbonyl (C=O) groups is 2. The van der Waals surface area contributed by atoms with Crippen LogP contribution in [0.15, 0.2) is 18.2 Å². The van der Waals surface area contributed by atoms with Crippen LogP contribution in [0.5, 0.6) is 0 Å². The molecule has 1 aliphatic rings. The third kappa shape index (κ3) is 2.55. The maximum absolute atomic E-state index is 12.3. The molecule has 0 bridgehead atoms. The molecule has 0 aliphatic carbocycles. The Morgan fingerprint density at radius 3 is 2.53 bits per heavy atom. The summed E-state index contributed by atoms with van der Waals surface area (Å²) >= 11 is 0. The molecular weight excluding hydrogens is 238 g/mol. The largest absolute Gasteiger partial charge is 0.315 e. The maximum Gasteiger partial charge on any atom is 0.227 e. The molecule has 1 aromatic rings. The molecule has 3 heteroatoms. The molecular formula is C16H21NO2. The van der Waals surface area contributed by atoms with Crippen molar-refractivity contribution in [3.63, 3.8) is 0 Å². The first-order valence-electron chi connectivity index (χ1n) is 6.85. The van der Waals surface area contributed by atoms with Crippen LogP contribution in [0.2, 0.25) is 0 Å². The summed E-state index contributed by atoms with van der Waals surface area (Å²) < 4.78 is 0. The number of ketones is 1. The molecule has 0 spiro atoms. The van der Waals surface area contributed by atoms with E-state index in [0.717, 1.165) is 23.2 Å². The standard InChI is InChI=1S/C16H21NO2/c1-10(2)11(3)16(19)13-5-7-14-12(9-13)6-8-15(18)17(14)4/h5,7,9-11H,6,8H2,1-4H3. The average molecular weight is 259 g/mol. The second-order valence-corrected chi connectivity index (χ2v) is 5.69. The number of anilines is 1. The molecule has 0 aromatic heterocycles. The number of Topliss-reactive ketones (excluding diaryl/α,β-unsaturated/α-hetero) is 1. The Morgan fingerprint density at radius 2 is 1.89 bits per heavy atom. The van der Waals surface area contributed by atoms with Crippen molar-refractivity contribution in [2.45, 2.75) is 33.6 Å². The van der Waals surface area contributed by atoms with Crippen molar-refractivity contribution in [1.82, 2.24) is 0 Å². The predicted molar refractivity (Wildman–Crippen MR) is 76.5 cm³/mol. The van der Waals surface area contributed by atoms with Gasteiger partial charge in [-0.15, -0.1) is 0 Å². The summed E-state index contributed by atoms with van der Waals surface area (Å²) in [5, 5.41) is 0. The number of carbonyl (C=O) groups excluding carboxylic acids is 2. The number of nitrogens with zero attached hydrogens (tertiary/aromatic N) is 1. The summed E-state index contributed by atoms with van der Waals surface area (Å²) in [6.07, 6.45) is 1.26. The summed E-state index contributed by atoms with van der Waals surface area (Å²) in [4.78, 5) is 25.6. The Balaban J connectivity index is 2.32. The topological polar surface area (TPSA) is 37.4 Å². The third-order valence-electron chi connectivity index (χ3n) is 4.12. The molecule has 0 saturated heterocycles. The zero-order valence-corrected chi connectivity index (χ0v) is 12.1. The van der Waals surface area contributed by atoms with E-state index in [1.54, 1.807) is 11.9 Å². The highest BCUT2D eigenvalue weighted by Crippen LogP contribution is 2.29. The highest BCUT2D eigenvalue weighted by Gasteiger charge is 2.23. The van der Waals surface area contributed by atoms with Crippen LogP contribution in [0.25, 0.3) is 0 Å². The SMILES string of the molecule is CC(C)C(C)C(=O)c1ccc2c(c1)CCC(=O)N2C. The molecule has 1 unspecified atom stereocenters. The first-order chi connectivity index (χ1) is 8.91. The van der Waals surface area contributed by atoms with Crippen LogP contribution in [0, 0.1) is 11.8 Å². The van der Waals surface area contributed by atoms with Gasteiger partial charge in [0.2, 0.25) is 5.91 Å². The number of benzene rings is 1. The second kappa shape index (κ2) is 5.16. The van der Waals surface area contributed by atoms with E-state index in [0.29, 0.717) is 12.3 Å². The minimum Gasteiger partial charge on any atom is -0.315 e. The summed E-state index contributed by atoms with van der Waals surface area (Å²) in [6.45, 7) is 6.10. The van der Waals surface area contributed by atoms with Gasteiger partial charge in [0.25, 0.3) is 0 Å². The van der Waals surface area contributed by atoms with Crippen molar-refractivity contribution in [2.24, 2.45) is 11.8 Å². The normalized spacial score (nSPS) is 16.5. The van der Waals surface area contributed by atoms with Crippen molar-refractivity contribution in [2.75, 3.05) is 11.9 Å². The Kier molecular flexibility index (Phi) is 3.74. The summed E-state index contributed by atoms with van der Waals surface area (Å²) in [7, 11) is 1.79. The molecule has 3 nitrogen and oxygen atoms in total. The Labute approximate surface area is 114 Å². The number of aryl methyl sites for hydroxylation is 1. The van der Waals surface area contributed by atoms with Crippen molar-refractivity contribution < 1.29 is 9.59 Å². The van der Waals surface area contributed by atoms with E-state index in [-0.39, 0.29) is 17.6 Å². The zero-order valence-electron chi connectivity index (χ0n) is 12.1. The van der Waals surface area contributed by atoms with Crippen LogP contribution >= 0.6 is 0 Å². The molecule has 1 atom stereocenters. The van der Waals surface area contributed by atoms with Gasteiger partial charge in [-0.25, -0.2) is 0 Å². The van der Waals surface area contributed by atoms with Gasteiger partial charge in [-0.2, -0.15) is 0 Å². The van der Waals surface area contributed by atoms with E-state index >= 15 is 0 Å². The minimum atomic E-state index is 0.0287. The lowest BCUT2D eigenvalue weighted by Gasteiger charge is -2.26. The molecule has 1 amide bonds. The van der Waals surface area contributed by atoms with Crippen LogP contribution in [-0.4, -0.2) is 18.7 Å². The number of hydrogen-bond donors (Lipinski definition) is 0. The van der Waals surface area contributed by atoms with Gasteiger partial charge in [-0.3, -0.25) is 9.59 Å². The molecule has 19 heavy (non-hydrogen) atoms. The van der Waals surface area contributed by atoms with E-state index < -0.39 is 0 Å². The van der Waals surface area contributed by atoms with E-state index in [1.807, 2.05) is 25.1 Å². The molecule has 2 rings (SSSR count). The Bertz CT molecular complexity index is 519. The average Bonchev–Trinajstić information content (AvgIpc) is 2.40. The molecule has 0 saturated carbocycles. The fourth-order valence-electron chi connectivity index (χ4n) is 2.38. The number of fused-ring (bicyclic) bond motifs is 1. The highest BCUT2D eigenvalue weighted by atomic mass is 16.2. The second-order valence-electron chi connectivity index (χ2n) is 5.69. The molecule has 0 fully saturated rings. The van der Waals surface area contributed by atoms with Gasteiger partial charge in [-0.05, 0) is 36.1 Å². The number of amides is 1. The monoisotopic (exact) mass is 259 g/mol. The minimum absolute atomic E-state index is 0.0287. The predicted octanol–water partition coefficient (Wildman–Crippen LogP) is 3.07. The smallest absolute Gasteiger partial charge is 0.227 e. The van der Waals surface area contributed by atoms with Crippen LogP contribution < -0.4 is 4.90 Å². The van der Waals surface area contributed by atoms with Gasteiger partial charge in [0.05, 0.1) is 0 Å². The Morgan fingerprint density at radius 1 is 1.21 bits per heavy atom. The summed E-state index contributed by atoms with van der Waals surface area (Å²) in [6, 6.07) is 5.70. The molecule has 0 radical (unpaired) electrons. The molecule has 0 N–H and O–H groups in total. The highest BCUT2D eigenvalue weighted by molar-refractivity contribution is 6.00. The molecule has 1 heterocycles. The van der Waals surface area contributed by atoms with Crippen molar-refractivity contribution >= 4 is 17.4 Å². The summed E-state index contributed by atoms with van der Waals surface area (Å²) in [5.74, 6) is 0.702. The summed E-state index contributed by atoms with van der Waals surface area (Å²) in [5.41, 5.74) is 2.80. The van der Waals surface area contributed by atoms with E-state index in [4.69, 9.17) is 0 Å². The fourth-order valence-corrected chi connectivity index (χ4v) is 2.38. The van der Waals surface area contributed by atoms with Crippen LogP contribution in [0.3, 0.4) is 0 Å². The zero-order chi connectivity index (χ0) is 14.2. The third-order valence-corrected chi connectivity index (χ3v) is 4.12. The fraction of sp³-hybridized carbons (Fsp3) is 0.500. The Hall–Kier alpha value is -1.64. The van der Waals surface area contributed by atoms with Crippen LogP contribution in [0.1, 0.15) is 43.1 Å². The lowest BCUT2D eigenvalue weighted by Crippen LogP contribution is -2.31. The lowest BCUT2D eigenvalue weighted by atomic mass is 9.88. The van der Waals surface area contributed by atoms with Gasteiger partial charge < -0.3 is 4.90 Å². The lowest BCUT2D eigenvalue weighted by molar-refractivity contribution is -0.118. The van der Waals surface area contributed by atoms with Gasteiger partial charge in [0, 0.05) is 30.6 Å². The molecule has 102 valence electrons. The van der Waals surface area contributed by atoms with Gasteiger partial charge in [-0.1, -0.05) is 20.8 Å². The molecule has 1 aliphatic heterocycles. The first-order valence-corrected chi connectivity index (χ1v) is 6.85. The van der Waals surface area contributed by atoms with Crippen molar-refractivity contribution in [3.05, 3.63) is 29.3 Å². The first kappa shape index (κ1) is 13.8. The number of rotatable bonds is 3. The van der Waals surface area contributed by atoms with Crippen molar-refractivity contribution in [1.29, 1.82) is 0 Å². The molecule has 1 aromatic carbocycles. The van der Waals surface area contributed by atoms with E-state index in [1.165, 1.54) is 0 Å².